The van der Waals surface area contributed by atoms with Crippen LogP contribution in [0.4, 0.5) is 10.1 Å². The van der Waals surface area contributed by atoms with E-state index in [4.69, 9.17) is 5.11 Å². The van der Waals surface area contributed by atoms with Gasteiger partial charge in [0.25, 0.3) is 5.91 Å². The Labute approximate surface area is 312 Å². The highest BCUT2D eigenvalue weighted by Gasteiger charge is 2.31. The van der Waals surface area contributed by atoms with E-state index in [9.17, 15) is 29.0 Å². The molecule has 0 fully saturated rings. The standard InChI is InChI=1S/C43H54FN3O6/c1-5-30(26-37(50)45-22-20-29(4)24-36(49)27-38(51)52)25-35(48)21-23-47-41(28(2)3)40(43(53)46-34-14-10-7-11-15-34)39(31-12-8-6-9-13-31)42(47)32-16-18-33(44)19-17-32/h6-19,28-30,35-36,48-49H,5,20-27H2,1-4H3,(H,45,50)(H,46,53)(H,51,52)/t29-,30-,35-,36-/m1/s1. The van der Waals surface area contributed by atoms with Crippen molar-refractivity contribution in [3.05, 3.63) is 102 Å². The monoisotopic (exact) mass is 727 g/mol. The number of nitrogens with one attached hydrogen (secondary N) is 2. The summed E-state index contributed by atoms with van der Waals surface area (Å²) in [4.78, 5) is 38.0. The average molecular weight is 728 g/mol. The Bertz CT molecular complexity index is 1780. The highest BCUT2D eigenvalue weighted by Crippen LogP contribution is 2.42. The number of carbonyl (C=O) groups is 3. The van der Waals surface area contributed by atoms with Crippen molar-refractivity contribution in [3.63, 3.8) is 0 Å². The van der Waals surface area contributed by atoms with Gasteiger partial charge in [-0.25, -0.2) is 4.39 Å². The van der Waals surface area contributed by atoms with E-state index in [1.165, 1.54) is 12.1 Å². The number of carbonyl (C=O) groups excluding carboxylic acids is 2. The number of hydrogen-bond acceptors (Lipinski definition) is 5. The van der Waals surface area contributed by atoms with E-state index in [-0.39, 0.29) is 48.2 Å². The Kier molecular flexibility index (Phi) is 15.4. The number of aliphatic hydroxyl groups is 2. The number of halogens is 1. The minimum Gasteiger partial charge on any atom is -0.481 e. The predicted molar refractivity (Wildman–Crippen MR) is 207 cm³/mol. The smallest absolute Gasteiger partial charge is 0.305 e. The van der Waals surface area contributed by atoms with Crippen LogP contribution in [0, 0.1) is 17.7 Å². The van der Waals surface area contributed by atoms with E-state index in [1.807, 2.05) is 88.4 Å². The summed E-state index contributed by atoms with van der Waals surface area (Å²) < 4.78 is 16.3. The van der Waals surface area contributed by atoms with Crippen molar-refractivity contribution in [1.29, 1.82) is 0 Å². The molecule has 0 saturated carbocycles. The third kappa shape index (κ3) is 11.9. The number of rotatable bonds is 20. The minimum absolute atomic E-state index is 0.0463. The van der Waals surface area contributed by atoms with Gasteiger partial charge in [-0.3, -0.25) is 14.4 Å². The van der Waals surface area contributed by atoms with Crippen LogP contribution < -0.4 is 10.6 Å². The van der Waals surface area contributed by atoms with Crippen molar-refractivity contribution >= 4 is 23.5 Å². The van der Waals surface area contributed by atoms with Gasteiger partial charge in [0.2, 0.25) is 5.91 Å². The number of para-hydroxylation sites is 1. The van der Waals surface area contributed by atoms with Gasteiger partial charge >= 0.3 is 5.97 Å². The lowest BCUT2D eigenvalue weighted by molar-refractivity contribution is -0.139. The molecule has 53 heavy (non-hydrogen) atoms. The second kappa shape index (κ2) is 19.9. The van der Waals surface area contributed by atoms with Gasteiger partial charge in [-0.1, -0.05) is 82.6 Å². The molecule has 10 heteroatoms. The molecular weight excluding hydrogens is 673 g/mol. The Hall–Kier alpha value is -4.80. The molecule has 3 aromatic carbocycles. The van der Waals surface area contributed by atoms with E-state index in [0.29, 0.717) is 56.4 Å². The summed E-state index contributed by atoms with van der Waals surface area (Å²) in [5, 5.41) is 36.2. The normalized spacial score (nSPS) is 13.7. The molecule has 284 valence electrons. The third-order valence-corrected chi connectivity index (χ3v) is 9.68. The molecule has 1 aromatic heterocycles. The number of aromatic nitrogens is 1. The molecule has 4 atom stereocenters. The van der Waals surface area contributed by atoms with Crippen molar-refractivity contribution in [3.8, 4) is 22.4 Å². The number of anilines is 1. The summed E-state index contributed by atoms with van der Waals surface area (Å²) in [6.45, 7) is 8.79. The van der Waals surface area contributed by atoms with Gasteiger partial charge in [0.1, 0.15) is 5.82 Å². The van der Waals surface area contributed by atoms with E-state index >= 15 is 0 Å². The molecule has 9 nitrogen and oxygen atoms in total. The van der Waals surface area contributed by atoms with E-state index in [2.05, 4.69) is 15.2 Å². The predicted octanol–water partition coefficient (Wildman–Crippen LogP) is 8.26. The summed E-state index contributed by atoms with van der Waals surface area (Å²) in [5.41, 5.74) is 5.08. The molecule has 0 bridgehead atoms. The molecule has 5 N–H and O–H groups in total. The summed E-state index contributed by atoms with van der Waals surface area (Å²) in [7, 11) is 0. The zero-order valence-corrected chi connectivity index (χ0v) is 31.2. The molecule has 2 amide bonds. The first-order valence-electron chi connectivity index (χ1n) is 18.7. The van der Waals surface area contributed by atoms with Crippen molar-refractivity contribution < 1.29 is 34.1 Å². The van der Waals surface area contributed by atoms with Crippen LogP contribution >= 0.6 is 0 Å². The number of nitrogens with zero attached hydrogens (tertiary/aromatic N) is 1. The lowest BCUT2D eigenvalue weighted by Gasteiger charge is -2.22. The molecule has 0 aliphatic rings. The van der Waals surface area contributed by atoms with Crippen LogP contribution in [0.5, 0.6) is 0 Å². The van der Waals surface area contributed by atoms with Gasteiger partial charge in [0, 0.05) is 36.5 Å². The van der Waals surface area contributed by atoms with Crippen LogP contribution in [0.2, 0.25) is 0 Å². The maximum atomic E-state index is 14.3. The van der Waals surface area contributed by atoms with Gasteiger partial charge in [0.05, 0.1) is 29.9 Å². The molecule has 0 radical (unpaired) electrons. The van der Waals surface area contributed by atoms with Crippen molar-refractivity contribution in [2.45, 2.75) is 97.3 Å². The summed E-state index contributed by atoms with van der Waals surface area (Å²) >= 11 is 0. The number of carboxylic acids is 1. The SMILES string of the molecule is CC[C@@H](CC(=O)NCC[C@@H](C)C[C@@H](O)CC(=O)O)C[C@H](O)CCn1c(-c2ccc(F)cc2)c(-c2ccccc2)c(C(=O)Nc2ccccc2)c1C(C)C. The summed E-state index contributed by atoms with van der Waals surface area (Å²) in [6, 6.07) is 25.2. The fourth-order valence-electron chi connectivity index (χ4n) is 7.04. The molecule has 0 spiro atoms. The van der Waals surface area contributed by atoms with Gasteiger partial charge in [-0.2, -0.15) is 0 Å². The maximum Gasteiger partial charge on any atom is 0.305 e. The van der Waals surface area contributed by atoms with Crippen LogP contribution in [-0.2, 0) is 16.1 Å². The topological polar surface area (TPSA) is 141 Å². The van der Waals surface area contributed by atoms with Crippen molar-refractivity contribution in [2.75, 3.05) is 11.9 Å². The number of hydrogen-bond donors (Lipinski definition) is 5. The Morgan fingerprint density at radius 2 is 1.43 bits per heavy atom. The molecule has 0 unspecified atom stereocenters. The Morgan fingerprint density at radius 1 is 0.792 bits per heavy atom. The fraction of sp³-hybridized carbons (Fsp3) is 0.419. The number of amides is 2. The lowest BCUT2D eigenvalue weighted by atomic mass is 9.93. The first kappa shape index (κ1) is 41.0. The molecule has 0 saturated heterocycles. The van der Waals surface area contributed by atoms with Crippen LogP contribution in [0.25, 0.3) is 22.4 Å². The molecular formula is C43H54FN3O6. The molecule has 0 aliphatic heterocycles. The van der Waals surface area contributed by atoms with Crippen LogP contribution in [0.15, 0.2) is 84.9 Å². The van der Waals surface area contributed by atoms with Gasteiger partial charge in [-0.05, 0) is 91.0 Å². The highest BCUT2D eigenvalue weighted by molar-refractivity contribution is 6.12. The second-order valence-electron chi connectivity index (χ2n) is 14.4. The van der Waals surface area contributed by atoms with E-state index < -0.39 is 18.2 Å². The minimum atomic E-state index is -1.04. The first-order valence-corrected chi connectivity index (χ1v) is 18.7. The Morgan fingerprint density at radius 3 is 2.04 bits per heavy atom. The lowest BCUT2D eigenvalue weighted by Crippen LogP contribution is -2.29. The largest absolute Gasteiger partial charge is 0.481 e. The number of carboxylic acid groups (broad SMARTS) is 1. The molecule has 0 aliphatic carbocycles. The maximum absolute atomic E-state index is 14.3. The van der Waals surface area contributed by atoms with Crippen molar-refractivity contribution in [1.82, 2.24) is 9.88 Å². The van der Waals surface area contributed by atoms with Gasteiger partial charge in [-0.15, -0.1) is 0 Å². The average Bonchev–Trinajstić information content (AvgIpc) is 3.47. The summed E-state index contributed by atoms with van der Waals surface area (Å²) in [6.07, 6.45) is 0.760. The second-order valence-corrected chi connectivity index (χ2v) is 14.4. The third-order valence-electron chi connectivity index (χ3n) is 9.68. The zero-order valence-electron chi connectivity index (χ0n) is 31.2. The number of aliphatic carboxylic acids is 1. The highest BCUT2D eigenvalue weighted by atomic mass is 19.1. The number of benzene rings is 3. The molecule has 1 heterocycles. The van der Waals surface area contributed by atoms with Crippen LogP contribution in [0.1, 0.15) is 94.6 Å². The Balaban J connectivity index is 1.57. The quantitative estimate of drug-likeness (QED) is 0.0621. The van der Waals surface area contributed by atoms with Crippen molar-refractivity contribution in [2.24, 2.45) is 11.8 Å². The van der Waals surface area contributed by atoms with Gasteiger partial charge in [0.15, 0.2) is 0 Å². The molecule has 4 aromatic rings. The van der Waals surface area contributed by atoms with E-state index in [0.717, 1.165) is 28.1 Å². The first-order chi connectivity index (χ1) is 25.4. The van der Waals surface area contributed by atoms with E-state index in [1.54, 1.807) is 12.1 Å². The fourth-order valence-corrected chi connectivity index (χ4v) is 7.04. The number of aliphatic hydroxyl groups excluding tert-OH is 2. The van der Waals surface area contributed by atoms with Crippen LogP contribution in [-0.4, -0.2) is 56.4 Å². The van der Waals surface area contributed by atoms with Crippen LogP contribution in [0.3, 0.4) is 0 Å². The zero-order chi connectivity index (χ0) is 38.5. The summed E-state index contributed by atoms with van der Waals surface area (Å²) in [5.74, 6) is -1.88. The molecule has 4 rings (SSSR count). The van der Waals surface area contributed by atoms with Gasteiger partial charge < -0.3 is 30.5 Å².